The molecule has 0 aliphatic heterocycles. The minimum absolute atomic E-state index is 0.911. The number of benzene rings is 1. The zero-order valence-corrected chi connectivity index (χ0v) is 9.10. The SMILES string of the molecule is Cc1cc(C)c(N(C)C)c(C)c1N. The number of nitrogens with two attached hydrogens (primary N) is 1. The summed E-state index contributed by atoms with van der Waals surface area (Å²) in [5.41, 5.74) is 11.7. The van der Waals surface area contributed by atoms with E-state index in [4.69, 9.17) is 5.73 Å². The van der Waals surface area contributed by atoms with E-state index in [1.807, 2.05) is 14.1 Å². The van der Waals surface area contributed by atoms with Gasteiger partial charge < -0.3 is 10.6 Å². The second-order valence-electron chi connectivity index (χ2n) is 3.79. The molecule has 1 aromatic rings. The van der Waals surface area contributed by atoms with E-state index >= 15 is 0 Å². The van der Waals surface area contributed by atoms with Gasteiger partial charge in [-0.3, -0.25) is 0 Å². The van der Waals surface area contributed by atoms with E-state index in [-0.39, 0.29) is 0 Å². The monoisotopic (exact) mass is 178 g/mol. The third-order valence-corrected chi connectivity index (χ3v) is 2.44. The first-order valence-corrected chi connectivity index (χ1v) is 4.48. The fourth-order valence-electron chi connectivity index (χ4n) is 1.88. The molecule has 0 bridgehead atoms. The van der Waals surface area contributed by atoms with Crippen LogP contribution < -0.4 is 10.6 Å². The number of rotatable bonds is 1. The molecule has 2 N–H and O–H groups in total. The van der Waals surface area contributed by atoms with E-state index in [0.717, 1.165) is 5.69 Å². The van der Waals surface area contributed by atoms with Crippen molar-refractivity contribution in [3.05, 3.63) is 22.8 Å². The summed E-state index contributed by atoms with van der Waals surface area (Å²) >= 11 is 0. The summed E-state index contributed by atoms with van der Waals surface area (Å²) in [5.74, 6) is 0. The maximum absolute atomic E-state index is 5.96. The Bertz CT molecular complexity index is 327. The van der Waals surface area contributed by atoms with Gasteiger partial charge >= 0.3 is 0 Å². The Balaban J connectivity index is 3.44. The summed E-state index contributed by atoms with van der Waals surface area (Å²) < 4.78 is 0. The molecule has 0 aromatic heterocycles. The molecule has 0 fully saturated rings. The largest absolute Gasteiger partial charge is 0.398 e. The van der Waals surface area contributed by atoms with Gasteiger partial charge in [0.1, 0.15) is 0 Å². The highest BCUT2D eigenvalue weighted by atomic mass is 15.1. The molecule has 1 aromatic carbocycles. The quantitative estimate of drug-likeness (QED) is 0.668. The average molecular weight is 178 g/mol. The molecule has 13 heavy (non-hydrogen) atoms. The van der Waals surface area contributed by atoms with Crippen LogP contribution in [0.3, 0.4) is 0 Å². The molecule has 0 heterocycles. The van der Waals surface area contributed by atoms with Gasteiger partial charge in [0.15, 0.2) is 0 Å². The van der Waals surface area contributed by atoms with Gasteiger partial charge in [-0.1, -0.05) is 6.07 Å². The van der Waals surface area contributed by atoms with Crippen LogP contribution >= 0.6 is 0 Å². The third kappa shape index (κ3) is 1.62. The lowest BCUT2D eigenvalue weighted by molar-refractivity contribution is 1.09. The van der Waals surface area contributed by atoms with Crippen molar-refractivity contribution < 1.29 is 0 Å². The van der Waals surface area contributed by atoms with Crippen molar-refractivity contribution in [1.82, 2.24) is 0 Å². The fraction of sp³-hybridized carbons (Fsp3) is 0.455. The van der Waals surface area contributed by atoms with Crippen LogP contribution in [0.25, 0.3) is 0 Å². The van der Waals surface area contributed by atoms with Crippen molar-refractivity contribution in [2.45, 2.75) is 20.8 Å². The van der Waals surface area contributed by atoms with Crippen LogP contribution in [0.2, 0.25) is 0 Å². The van der Waals surface area contributed by atoms with Crippen LogP contribution in [-0.4, -0.2) is 14.1 Å². The summed E-state index contributed by atoms with van der Waals surface area (Å²) in [5, 5.41) is 0. The highest BCUT2D eigenvalue weighted by Gasteiger charge is 2.09. The van der Waals surface area contributed by atoms with Gasteiger partial charge in [0.2, 0.25) is 0 Å². The first kappa shape index (κ1) is 9.90. The van der Waals surface area contributed by atoms with E-state index in [0.29, 0.717) is 0 Å². The van der Waals surface area contributed by atoms with Gasteiger partial charge in [-0.25, -0.2) is 0 Å². The molecule has 0 unspecified atom stereocenters. The molecule has 72 valence electrons. The van der Waals surface area contributed by atoms with E-state index in [1.54, 1.807) is 0 Å². The molecule has 2 nitrogen and oxygen atoms in total. The maximum Gasteiger partial charge on any atom is 0.0441 e. The Morgan fingerprint density at radius 2 is 1.62 bits per heavy atom. The Morgan fingerprint density at radius 1 is 1.08 bits per heavy atom. The molecule has 2 heteroatoms. The maximum atomic E-state index is 5.96. The Morgan fingerprint density at radius 3 is 2.08 bits per heavy atom. The van der Waals surface area contributed by atoms with Crippen molar-refractivity contribution in [2.24, 2.45) is 0 Å². The second-order valence-corrected chi connectivity index (χ2v) is 3.79. The molecule has 0 radical (unpaired) electrons. The summed E-state index contributed by atoms with van der Waals surface area (Å²) in [6.07, 6.45) is 0. The highest BCUT2D eigenvalue weighted by molar-refractivity contribution is 5.70. The van der Waals surface area contributed by atoms with Crippen molar-refractivity contribution in [2.75, 3.05) is 24.7 Å². The molecule has 0 spiro atoms. The summed E-state index contributed by atoms with van der Waals surface area (Å²) in [7, 11) is 4.09. The van der Waals surface area contributed by atoms with E-state index < -0.39 is 0 Å². The molecule has 0 saturated heterocycles. The topological polar surface area (TPSA) is 29.3 Å². The number of aryl methyl sites for hydroxylation is 2. The number of nitrogens with zero attached hydrogens (tertiary/aromatic N) is 1. The smallest absolute Gasteiger partial charge is 0.0441 e. The average Bonchev–Trinajstić information content (AvgIpc) is 1.99. The van der Waals surface area contributed by atoms with Crippen molar-refractivity contribution >= 4 is 11.4 Å². The number of hydrogen-bond donors (Lipinski definition) is 1. The number of anilines is 2. The van der Waals surface area contributed by atoms with Gasteiger partial charge in [0.25, 0.3) is 0 Å². The van der Waals surface area contributed by atoms with Gasteiger partial charge in [0, 0.05) is 25.5 Å². The number of hydrogen-bond acceptors (Lipinski definition) is 2. The van der Waals surface area contributed by atoms with E-state index in [9.17, 15) is 0 Å². The molecule has 0 atom stereocenters. The molecular weight excluding hydrogens is 160 g/mol. The molecular formula is C11H18N2. The van der Waals surface area contributed by atoms with Gasteiger partial charge in [-0.2, -0.15) is 0 Å². The van der Waals surface area contributed by atoms with Gasteiger partial charge in [-0.15, -0.1) is 0 Å². The molecule has 1 rings (SSSR count). The lowest BCUT2D eigenvalue weighted by atomic mass is 10.0. The van der Waals surface area contributed by atoms with Crippen molar-refractivity contribution in [1.29, 1.82) is 0 Å². The fourth-order valence-corrected chi connectivity index (χ4v) is 1.88. The Hall–Kier alpha value is -1.18. The molecule has 0 aliphatic rings. The van der Waals surface area contributed by atoms with E-state index in [1.165, 1.54) is 22.4 Å². The lowest BCUT2D eigenvalue weighted by Crippen LogP contribution is -2.13. The summed E-state index contributed by atoms with van der Waals surface area (Å²) in [4.78, 5) is 2.11. The van der Waals surface area contributed by atoms with Gasteiger partial charge in [-0.05, 0) is 37.5 Å². The molecule has 0 amide bonds. The minimum Gasteiger partial charge on any atom is -0.398 e. The normalized spacial score (nSPS) is 10.2. The summed E-state index contributed by atoms with van der Waals surface area (Å²) in [6, 6.07) is 2.14. The Kier molecular flexibility index (Phi) is 2.50. The predicted octanol–water partition coefficient (Wildman–Crippen LogP) is 2.26. The van der Waals surface area contributed by atoms with Crippen LogP contribution in [0.5, 0.6) is 0 Å². The zero-order chi connectivity index (χ0) is 10.2. The van der Waals surface area contributed by atoms with Crippen LogP contribution in [0, 0.1) is 20.8 Å². The molecule has 0 aliphatic carbocycles. The van der Waals surface area contributed by atoms with E-state index in [2.05, 4.69) is 31.7 Å². The van der Waals surface area contributed by atoms with Crippen LogP contribution in [0.1, 0.15) is 16.7 Å². The predicted molar refractivity (Wildman–Crippen MR) is 59.4 cm³/mol. The van der Waals surface area contributed by atoms with Crippen LogP contribution in [0.15, 0.2) is 6.07 Å². The third-order valence-electron chi connectivity index (χ3n) is 2.44. The lowest BCUT2D eigenvalue weighted by Gasteiger charge is -2.21. The highest BCUT2D eigenvalue weighted by Crippen LogP contribution is 2.30. The molecule has 0 saturated carbocycles. The van der Waals surface area contributed by atoms with Gasteiger partial charge in [0.05, 0.1) is 0 Å². The van der Waals surface area contributed by atoms with Crippen molar-refractivity contribution in [3.63, 3.8) is 0 Å². The summed E-state index contributed by atoms with van der Waals surface area (Å²) in [6.45, 7) is 6.24. The minimum atomic E-state index is 0.911. The zero-order valence-electron chi connectivity index (χ0n) is 9.10. The van der Waals surface area contributed by atoms with Crippen LogP contribution in [0.4, 0.5) is 11.4 Å². The van der Waals surface area contributed by atoms with Crippen molar-refractivity contribution in [3.8, 4) is 0 Å². The van der Waals surface area contributed by atoms with Crippen LogP contribution in [-0.2, 0) is 0 Å². The standard InChI is InChI=1S/C11H18N2/c1-7-6-8(2)11(13(4)5)9(3)10(7)12/h6H,12H2,1-5H3. The second kappa shape index (κ2) is 3.29. The number of nitrogen functional groups attached to an aromatic ring is 1. The Labute approximate surface area is 80.4 Å². The first-order valence-electron chi connectivity index (χ1n) is 4.48. The first-order chi connectivity index (χ1) is 5.95.